The van der Waals surface area contributed by atoms with Crippen molar-refractivity contribution in [2.24, 2.45) is 0 Å². The Morgan fingerprint density at radius 2 is 1.88 bits per heavy atom. The van der Waals surface area contributed by atoms with Crippen LogP contribution >= 0.6 is 0 Å². The van der Waals surface area contributed by atoms with E-state index < -0.39 is 0 Å². The predicted octanol–water partition coefficient (Wildman–Crippen LogP) is 3.79. The molecule has 0 aromatic heterocycles. The molecule has 0 aliphatic rings. The Labute approximate surface area is 106 Å². The molecule has 94 valence electrons. The molecule has 1 nitrogen and oxygen atoms in total. The normalized spacial score (nSPS) is 10.3. The molecule has 0 atom stereocenters. The van der Waals surface area contributed by atoms with E-state index in [0.717, 1.165) is 19.4 Å². The van der Waals surface area contributed by atoms with Crippen LogP contribution in [-0.2, 0) is 19.3 Å². The van der Waals surface area contributed by atoms with Gasteiger partial charge in [0.15, 0.2) is 0 Å². The fourth-order valence-corrected chi connectivity index (χ4v) is 2.27. The molecule has 17 heavy (non-hydrogen) atoms. The summed E-state index contributed by atoms with van der Waals surface area (Å²) in [6.45, 7) is 11.4. The van der Waals surface area contributed by atoms with Crippen molar-refractivity contribution in [1.82, 2.24) is 5.32 Å². The van der Waals surface area contributed by atoms with Gasteiger partial charge in [-0.3, -0.25) is 0 Å². The van der Waals surface area contributed by atoms with Crippen molar-refractivity contribution in [1.29, 1.82) is 0 Å². The van der Waals surface area contributed by atoms with Crippen molar-refractivity contribution < 1.29 is 0 Å². The molecule has 0 bridgehead atoms. The van der Waals surface area contributed by atoms with Gasteiger partial charge < -0.3 is 5.32 Å². The van der Waals surface area contributed by atoms with Gasteiger partial charge in [0.05, 0.1) is 0 Å². The first-order valence-corrected chi connectivity index (χ1v) is 6.68. The Balaban J connectivity index is 2.87. The average Bonchev–Trinajstić information content (AvgIpc) is 2.32. The summed E-state index contributed by atoms with van der Waals surface area (Å²) in [5, 5.41) is 3.17. The van der Waals surface area contributed by atoms with E-state index in [0.29, 0.717) is 0 Å². The zero-order valence-electron chi connectivity index (χ0n) is 11.5. The van der Waals surface area contributed by atoms with Gasteiger partial charge in [0.2, 0.25) is 0 Å². The van der Waals surface area contributed by atoms with E-state index in [2.05, 4.69) is 44.8 Å². The van der Waals surface area contributed by atoms with Crippen molar-refractivity contribution in [2.45, 2.75) is 46.5 Å². The first-order valence-electron chi connectivity index (χ1n) is 6.68. The molecule has 1 rings (SSSR count). The first kappa shape index (κ1) is 13.8. The number of hydrogen-bond acceptors (Lipinski definition) is 1. The molecule has 0 unspecified atom stereocenters. The molecular weight excluding hydrogens is 206 g/mol. The van der Waals surface area contributed by atoms with Crippen LogP contribution in [0.5, 0.6) is 0 Å². The Bertz CT molecular complexity index is 366. The molecule has 1 aromatic carbocycles. The van der Waals surface area contributed by atoms with E-state index >= 15 is 0 Å². The summed E-state index contributed by atoms with van der Waals surface area (Å²) in [6, 6.07) is 4.77. The van der Waals surface area contributed by atoms with Gasteiger partial charge >= 0.3 is 0 Å². The number of aryl methyl sites for hydroxylation is 3. The SMILES string of the molecule is C=CNCCc1cc(CC)c(CCC)cc1C. The topological polar surface area (TPSA) is 12.0 Å². The Morgan fingerprint density at radius 1 is 1.12 bits per heavy atom. The zero-order valence-corrected chi connectivity index (χ0v) is 11.5. The molecule has 1 aromatic rings. The minimum Gasteiger partial charge on any atom is -0.391 e. The quantitative estimate of drug-likeness (QED) is 0.704. The largest absolute Gasteiger partial charge is 0.391 e. The molecule has 1 N–H and O–H groups in total. The molecule has 0 amide bonds. The average molecular weight is 231 g/mol. The number of nitrogens with one attached hydrogen (secondary N) is 1. The molecule has 0 aliphatic heterocycles. The van der Waals surface area contributed by atoms with Crippen LogP contribution in [0.25, 0.3) is 0 Å². The molecule has 0 heterocycles. The number of hydrogen-bond donors (Lipinski definition) is 1. The van der Waals surface area contributed by atoms with E-state index in [1.807, 2.05) is 0 Å². The Morgan fingerprint density at radius 3 is 2.47 bits per heavy atom. The van der Waals surface area contributed by atoms with Crippen molar-refractivity contribution in [3.05, 3.63) is 47.2 Å². The highest BCUT2D eigenvalue weighted by atomic mass is 14.8. The molecule has 1 heteroatoms. The molecule has 0 fully saturated rings. The van der Waals surface area contributed by atoms with E-state index in [1.165, 1.54) is 35.1 Å². The van der Waals surface area contributed by atoms with Crippen LogP contribution in [0.2, 0.25) is 0 Å². The highest BCUT2D eigenvalue weighted by Crippen LogP contribution is 2.19. The summed E-state index contributed by atoms with van der Waals surface area (Å²) in [5.41, 5.74) is 5.95. The molecule has 0 saturated heterocycles. The first-order chi connectivity index (χ1) is 8.22. The highest BCUT2D eigenvalue weighted by molar-refractivity contribution is 5.38. The fraction of sp³-hybridized carbons (Fsp3) is 0.500. The van der Waals surface area contributed by atoms with Crippen molar-refractivity contribution in [2.75, 3.05) is 6.54 Å². The van der Waals surface area contributed by atoms with Crippen LogP contribution in [0, 0.1) is 6.92 Å². The lowest BCUT2D eigenvalue weighted by molar-refractivity contribution is 0.823. The lowest BCUT2D eigenvalue weighted by Crippen LogP contribution is -2.10. The minimum atomic E-state index is 0.973. The lowest BCUT2D eigenvalue weighted by Gasteiger charge is -2.13. The van der Waals surface area contributed by atoms with Gasteiger partial charge in [0.25, 0.3) is 0 Å². The Hall–Kier alpha value is -1.24. The van der Waals surface area contributed by atoms with Gasteiger partial charge in [0.1, 0.15) is 0 Å². The zero-order chi connectivity index (χ0) is 12.7. The summed E-state index contributed by atoms with van der Waals surface area (Å²) in [5.74, 6) is 0. The number of benzene rings is 1. The second kappa shape index (κ2) is 7.16. The van der Waals surface area contributed by atoms with Crippen LogP contribution in [0.15, 0.2) is 24.9 Å². The van der Waals surface area contributed by atoms with Crippen molar-refractivity contribution in [3.63, 3.8) is 0 Å². The highest BCUT2D eigenvalue weighted by Gasteiger charge is 2.05. The van der Waals surface area contributed by atoms with Gasteiger partial charge in [-0.1, -0.05) is 39.0 Å². The summed E-state index contributed by atoms with van der Waals surface area (Å²) in [4.78, 5) is 0. The smallest absolute Gasteiger partial charge is 0.0181 e. The van der Waals surface area contributed by atoms with E-state index in [-0.39, 0.29) is 0 Å². The third-order valence-electron chi connectivity index (χ3n) is 3.24. The molecule has 0 saturated carbocycles. The van der Waals surface area contributed by atoms with Crippen molar-refractivity contribution >= 4 is 0 Å². The fourth-order valence-electron chi connectivity index (χ4n) is 2.27. The van der Waals surface area contributed by atoms with Crippen molar-refractivity contribution in [3.8, 4) is 0 Å². The second-order valence-corrected chi connectivity index (χ2v) is 4.56. The molecule has 0 spiro atoms. The van der Waals surface area contributed by atoms with E-state index in [4.69, 9.17) is 0 Å². The molecule has 0 radical (unpaired) electrons. The van der Waals surface area contributed by atoms with Gasteiger partial charge in [-0.2, -0.15) is 0 Å². The third kappa shape index (κ3) is 3.92. The van der Waals surface area contributed by atoms with Crippen LogP contribution in [0.3, 0.4) is 0 Å². The second-order valence-electron chi connectivity index (χ2n) is 4.56. The van der Waals surface area contributed by atoms with E-state index in [1.54, 1.807) is 6.20 Å². The van der Waals surface area contributed by atoms with Crippen LogP contribution < -0.4 is 5.32 Å². The van der Waals surface area contributed by atoms with Gasteiger partial charge in [0, 0.05) is 6.54 Å². The van der Waals surface area contributed by atoms with E-state index in [9.17, 15) is 0 Å². The summed E-state index contributed by atoms with van der Waals surface area (Å²) in [6.07, 6.45) is 6.41. The standard InChI is InChI=1S/C16H25N/c1-5-8-16-11-13(4)15(9-10-17-7-3)12-14(16)6-2/h7,11-12,17H,3,5-6,8-10H2,1-2,4H3. The molecular formula is C16H25N. The molecule has 0 aliphatic carbocycles. The lowest BCUT2D eigenvalue weighted by atomic mass is 9.94. The maximum absolute atomic E-state index is 3.68. The van der Waals surface area contributed by atoms with Gasteiger partial charge in [-0.05, 0) is 54.6 Å². The maximum atomic E-state index is 3.68. The minimum absolute atomic E-state index is 0.973. The van der Waals surface area contributed by atoms with Crippen LogP contribution in [-0.4, -0.2) is 6.54 Å². The number of rotatable bonds is 7. The van der Waals surface area contributed by atoms with Crippen LogP contribution in [0.1, 0.15) is 42.5 Å². The maximum Gasteiger partial charge on any atom is 0.0181 e. The Kier molecular flexibility index (Phi) is 5.82. The summed E-state index contributed by atoms with van der Waals surface area (Å²) in [7, 11) is 0. The van der Waals surface area contributed by atoms with Gasteiger partial charge in [-0.25, -0.2) is 0 Å². The summed E-state index contributed by atoms with van der Waals surface area (Å²) < 4.78 is 0. The van der Waals surface area contributed by atoms with Gasteiger partial charge in [-0.15, -0.1) is 0 Å². The third-order valence-corrected chi connectivity index (χ3v) is 3.24. The van der Waals surface area contributed by atoms with Crippen LogP contribution in [0.4, 0.5) is 0 Å². The monoisotopic (exact) mass is 231 g/mol. The predicted molar refractivity (Wildman–Crippen MR) is 76.5 cm³/mol. The summed E-state index contributed by atoms with van der Waals surface area (Å²) >= 11 is 0.